The van der Waals surface area contributed by atoms with Crippen molar-refractivity contribution in [2.45, 2.75) is 6.54 Å². The van der Waals surface area contributed by atoms with Gasteiger partial charge in [-0.1, -0.05) is 23.5 Å². The van der Waals surface area contributed by atoms with E-state index >= 15 is 0 Å². The molecular formula is C19H12N4O2S. The van der Waals surface area contributed by atoms with Gasteiger partial charge in [0, 0.05) is 23.3 Å². The van der Waals surface area contributed by atoms with Crippen molar-refractivity contribution in [1.82, 2.24) is 9.55 Å². The summed E-state index contributed by atoms with van der Waals surface area (Å²) in [5.41, 5.74) is 3.65. The zero-order chi connectivity index (χ0) is 18.1. The lowest BCUT2D eigenvalue weighted by atomic mass is 10.1. The van der Waals surface area contributed by atoms with Crippen LogP contribution in [0.4, 0.5) is 5.00 Å². The van der Waals surface area contributed by atoms with E-state index in [0.717, 1.165) is 33.5 Å². The summed E-state index contributed by atoms with van der Waals surface area (Å²) in [6.07, 6.45) is 3.63. The summed E-state index contributed by atoms with van der Waals surface area (Å²) in [6.45, 7) is 0.518. The molecule has 0 saturated carbocycles. The molecule has 3 aromatic heterocycles. The van der Waals surface area contributed by atoms with Crippen molar-refractivity contribution >= 4 is 27.2 Å². The molecule has 3 heterocycles. The minimum atomic E-state index is -0.356. The van der Waals surface area contributed by atoms with E-state index in [2.05, 4.69) is 11.1 Å². The van der Waals surface area contributed by atoms with Crippen LogP contribution in [0.25, 0.3) is 22.0 Å². The highest BCUT2D eigenvalue weighted by molar-refractivity contribution is 7.14. The molecule has 0 bridgehead atoms. The first-order valence-corrected chi connectivity index (χ1v) is 8.70. The Morgan fingerprint density at radius 3 is 2.85 bits per heavy atom. The first-order valence-electron chi connectivity index (χ1n) is 7.82. The largest absolute Gasteiger partial charge is 0.341 e. The number of benzene rings is 1. The van der Waals surface area contributed by atoms with E-state index in [1.54, 1.807) is 29.8 Å². The van der Waals surface area contributed by atoms with E-state index in [-0.39, 0.29) is 9.92 Å². The number of fused-ring (bicyclic) bond motifs is 1. The zero-order valence-electron chi connectivity index (χ0n) is 13.5. The van der Waals surface area contributed by atoms with Crippen molar-refractivity contribution in [2.24, 2.45) is 0 Å². The normalized spacial score (nSPS) is 10.7. The van der Waals surface area contributed by atoms with Gasteiger partial charge in [0.25, 0.3) is 0 Å². The van der Waals surface area contributed by atoms with E-state index in [1.807, 2.05) is 35.0 Å². The molecule has 4 rings (SSSR count). The standard InChI is InChI=1S/C19H12N4O2S/c20-10-13-4-5-15-17(16-6-8-26-19(16)23(24)25)12-22(18(15)9-13)11-14-3-1-2-7-21-14/h1-9,12H,11H2. The Morgan fingerprint density at radius 1 is 1.23 bits per heavy atom. The van der Waals surface area contributed by atoms with Gasteiger partial charge in [-0.2, -0.15) is 5.26 Å². The first kappa shape index (κ1) is 16.0. The number of hydrogen-bond donors (Lipinski definition) is 0. The molecule has 1 aromatic carbocycles. The first-order chi connectivity index (χ1) is 12.7. The lowest BCUT2D eigenvalue weighted by Gasteiger charge is -2.04. The number of thiophene rings is 1. The third kappa shape index (κ3) is 2.72. The van der Waals surface area contributed by atoms with Crippen LogP contribution in [0.3, 0.4) is 0 Å². The van der Waals surface area contributed by atoms with Gasteiger partial charge in [0.1, 0.15) is 0 Å². The summed E-state index contributed by atoms with van der Waals surface area (Å²) in [7, 11) is 0. The molecule has 0 atom stereocenters. The predicted octanol–water partition coefficient (Wildman–Crippen LogP) is 4.59. The average Bonchev–Trinajstić information content (AvgIpc) is 3.27. The van der Waals surface area contributed by atoms with Gasteiger partial charge in [-0.25, -0.2) is 0 Å². The Balaban J connectivity index is 1.93. The van der Waals surface area contributed by atoms with Gasteiger partial charge >= 0.3 is 5.00 Å². The maximum atomic E-state index is 11.3. The summed E-state index contributed by atoms with van der Waals surface area (Å²) in [5.74, 6) is 0. The van der Waals surface area contributed by atoms with Gasteiger partial charge in [-0.15, -0.1) is 0 Å². The van der Waals surface area contributed by atoms with Crippen molar-refractivity contribution in [3.63, 3.8) is 0 Å². The monoisotopic (exact) mass is 360 g/mol. The third-order valence-electron chi connectivity index (χ3n) is 4.17. The molecule has 0 unspecified atom stereocenters. The van der Waals surface area contributed by atoms with Crippen LogP contribution >= 0.6 is 11.3 Å². The Morgan fingerprint density at radius 2 is 2.12 bits per heavy atom. The van der Waals surface area contributed by atoms with Crippen LogP contribution < -0.4 is 0 Å². The maximum Gasteiger partial charge on any atom is 0.331 e. The molecule has 0 spiro atoms. The van der Waals surface area contributed by atoms with Gasteiger partial charge in [0.2, 0.25) is 0 Å². The number of aromatic nitrogens is 2. The zero-order valence-corrected chi connectivity index (χ0v) is 14.3. The molecule has 0 saturated heterocycles. The molecule has 0 aliphatic heterocycles. The second kappa shape index (κ2) is 6.43. The Kier molecular flexibility index (Phi) is 3.95. The van der Waals surface area contributed by atoms with Crippen molar-refractivity contribution in [3.05, 3.63) is 81.6 Å². The predicted molar refractivity (Wildman–Crippen MR) is 100.0 cm³/mol. The SMILES string of the molecule is N#Cc1ccc2c(-c3ccsc3[N+](=O)[O-])cn(Cc3ccccn3)c2c1. The third-order valence-corrected chi connectivity index (χ3v) is 5.04. The summed E-state index contributed by atoms with van der Waals surface area (Å²) < 4.78 is 1.98. The highest BCUT2D eigenvalue weighted by atomic mass is 32.1. The van der Waals surface area contributed by atoms with Crippen LogP contribution in [-0.4, -0.2) is 14.5 Å². The van der Waals surface area contributed by atoms with E-state index in [9.17, 15) is 15.4 Å². The quantitative estimate of drug-likeness (QED) is 0.393. The molecule has 4 aromatic rings. The van der Waals surface area contributed by atoms with Crippen molar-refractivity contribution in [3.8, 4) is 17.2 Å². The van der Waals surface area contributed by atoms with Gasteiger partial charge in [0.05, 0.1) is 39.9 Å². The number of hydrogen-bond acceptors (Lipinski definition) is 5. The lowest BCUT2D eigenvalue weighted by Crippen LogP contribution is -1.99. The molecular weight excluding hydrogens is 348 g/mol. The Labute approximate surface area is 152 Å². The fourth-order valence-electron chi connectivity index (χ4n) is 3.02. The van der Waals surface area contributed by atoms with Crippen LogP contribution in [-0.2, 0) is 6.54 Å². The molecule has 0 radical (unpaired) electrons. The molecule has 26 heavy (non-hydrogen) atoms. The highest BCUT2D eigenvalue weighted by Gasteiger charge is 2.21. The van der Waals surface area contributed by atoms with Crippen LogP contribution in [0, 0.1) is 21.4 Å². The maximum absolute atomic E-state index is 11.3. The molecule has 6 nitrogen and oxygen atoms in total. The van der Waals surface area contributed by atoms with E-state index < -0.39 is 0 Å². The minimum Gasteiger partial charge on any atom is -0.341 e. The van der Waals surface area contributed by atoms with Crippen molar-refractivity contribution < 1.29 is 4.92 Å². The molecule has 0 aliphatic carbocycles. The highest BCUT2D eigenvalue weighted by Crippen LogP contribution is 2.39. The molecule has 7 heteroatoms. The molecule has 0 aliphatic rings. The Bertz CT molecular complexity index is 1160. The number of rotatable bonds is 4. The summed E-state index contributed by atoms with van der Waals surface area (Å²) in [5, 5.41) is 23.3. The van der Waals surface area contributed by atoms with E-state index in [0.29, 0.717) is 17.7 Å². The van der Waals surface area contributed by atoms with Crippen LogP contribution in [0.2, 0.25) is 0 Å². The number of nitro groups is 1. The van der Waals surface area contributed by atoms with Gasteiger partial charge in [0.15, 0.2) is 0 Å². The van der Waals surface area contributed by atoms with Crippen LogP contribution in [0.5, 0.6) is 0 Å². The molecule has 126 valence electrons. The fraction of sp³-hybridized carbons (Fsp3) is 0.0526. The molecule has 0 amide bonds. The Hall–Kier alpha value is -3.50. The number of nitriles is 1. The average molecular weight is 360 g/mol. The lowest BCUT2D eigenvalue weighted by molar-refractivity contribution is -0.379. The van der Waals surface area contributed by atoms with Gasteiger partial charge < -0.3 is 4.57 Å². The van der Waals surface area contributed by atoms with Crippen LogP contribution in [0.15, 0.2) is 60.2 Å². The van der Waals surface area contributed by atoms with E-state index in [1.165, 1.54) is 0 Å². The van der Waals surface area contributed by atoms with Gasteiger partial charge in [-0.05, 0) is 35.7 Å². The van der Waals surface area contributed by atoms with E-state index in [4.69, 9.17) is 0 Å². The van der Waals surface area contributed by atoms with Gasteiger partial charge in [-0.3, -0.25) is 15.1 Å². The topological polar surface area (TPSA) is 84.7 Å². The number of pyridine rings is 1. The van der Waals surface area contributed by atoms with Crippen molar-refractivity contribution in [1.29, 1.82) is 5.26 Å². The summed E-state index contributed by atoms with van der Waals surface area (Å²) in [4.78, 5) is 15.3. The second-order valence-corrected chi connectivity index (χ2v) is 6.63. The van der Waals surface area contributed by atoms with Crippen molar-refractivity contribution in [2.75, 3.05) is 0 Å². The molecule has 0 N–H and O–H groups in total. The number of nitrogens with zero attached hydrogens (tertiary/aromatic N) is 4. The second-order valence-electron chi connectivity index (χ2n) is 5.73. The fourth-order valence-corrected chi connectivity index (χ4v) is 3.74. The molecule has 0 fully saturated rings. The van der Waals surface area contributed by atoms with Crippen LogP contribution in [0.1, 0.15) is 11.3 Å². The summed E-state index contributed by atoms with van der Waals surface area (Å²) >= 11 is 1.11. The minimum absolute atomic E-state index is 0.117. The smallest absolute Gasteiger partial charge is 0.331 e. The summed E-state index contributed by atoms with van der Waals surface area (Å²) in [6, 6.07) is 15.0.